The Labute approximate surface area is 220 Å². The minimum atomic E-state index is -1.02. The molecular formula is C28H33N5O5. The fourth-order valence-corrected chi connectivity index (χ4v) is 4.88. The second-order valence-electron chi connectivity index (χ2n) is 10.00. The number of hydrogen-bond donors (Lipinski definition) is 5. The third-order valence-corrected chi connectivity index (χ3v) is 6.70. The number of nitrogens with two attached hydrogens (primary N) is 1. The van der Waals surface area contributed by atoms with E-state index in [0.717, 1.165) is 16.5 Å². The van der Waals surface area contributed by atoms with Crippen molar-refractivity contribution in [3.8, 4) is 5.75 Å². The van der Waals surface area contributed by atoms with Crippen molar-refractivity contribution in [1.82, 2.24) is 15.6 Å². The number of carbonyl (C=O) groups excluding carboxylic acids is 4. The van der Waals surface area contributed by atoms with Crippen molar-refractivity contribution in [2.24, 2.45) is 11.7 Å². The van der Waals surface area contributed by atoms with E-state index in [1.807, 2.05) is 44.2 Å². The summed E-state index contributed by atoms with van der Waals surface area (Å²) in [5.74, 6) is -1.44. The van der Waals surface area contributed by atoms with E-state index < -0.39 is 29.8 Å². The van der Waals surface area contributed by atoms with Crippen molar-refractivity contribution in [2.75, 3.05) is 12.4 Å². The summed E-state index contributed by atoms with van der Waals surface area (Å²) in [6, 6.07) is 12.5. The molecule has 1 aliphatic rings. The molecule has 1 aromatic heterocycles. The van der Waals surface area contributed by atoms with E-state index in [9.17, 15) is 19.2 Å². The fourth-order valence-electron chi connectivity index (χ4n) is 4.88. The van der Waals surface area contributed by atoms with Crippen LogP contribution in [0.5, 0.6) is 5.75 Å². The molecule has 0 aliphatic carbocycles. The van der Waals surface area contributed by atoms with E-state index in [0.29, 0.717) is 17.9 Å². The Morgan fingerprint density at radius 3 is 2.55 bits per heavy atom. The van der Waals surface area contributed by atoms with E-state index in [2.05, 4.69) is 20.9 Å². The first-order valence-corrected chi connectivity index (χ1v) is 12.6. The summed E-state index contributed by atoms with van der Waals surface area (Å²) in [7, 11) is 1.55. The van der Waals surface area contributed by atoms with Gasteiger partial charge in [0.1, 0.15) is 23.5 Å². The SMILES string of the molecule is COc1cccc2[nH]c(C(=O)N[C@@H](CC(C)C)C(=O)NC(CC3CC(=O)Nc4ccccc43)C(N)=O)cc12. The zero-order valence-electron chi connectivity index (χ0n) is 21.7. The van der Waals surface area contributed by atoms with Crippen molar-refractivity contribution in [2.45, 2.75) is 51.1 Å². The number of para-hydroxylation sites is 1. The second kappa shape index (κ2) is 11.4. The highest BCUT2D eigenvalue weighted by molar-refractivity contribution is 6.02. The van der Waals surface area contributed by atoms with Gasteiger partial charge in [0.25, 0.3) is 5.91 Å². The van der Waals surface area contributed by atoms with Gasteiger partial charge in [0, 0.05) is 23.0 Å². The number of aromatic amines is 1. The molecule has 4 amide bonds. The lowest BCUT2D eigenvalue weighted by Crippen LogP contribution is -2.53. The Hall–Kier alpha value is -4.34. The normalized spacial score (nSPS) is 16.3. The summed E-state index contributed by atoms with van der Waals surface area (Å²) in [5, 5.41) is 9.09. The van der Waals surface area contributed by atoms with Gasteiger partial charge in [-0.05, 0) is 54.5 Å². The Kier molecular flexibility index (Phi) is 7.99. The number of benzene rings is 2. The molecule has 10 nitrogen and oxygen atoms in total. The van der Waals surface area contributed by atoms with Crippen LogP contribution in [0.15, 0.2) is 48.5 Å². The van der Waals surface area contributed by atoms with Gasteiger partial charge in [-0.15, -0.1) is 0 Å². The number of fused-ring (bicyclic) bond motifs is 2. The predicted molar refractivity (Wildman–Crippen MR) is 144 cm³/mol. The largest absolute Gasteiger partial charge is 0.496 e. The highest BCUT2D eigenvalue weighted by Crippen LogP contribution is 2.35. The zero-order valence-corrected chi connectivity index (χ0v) is 21.7. The van der Waals surface area contributed by atoms with Gasteiger partial charge in [-0.3, -0.25) is 19.2 Å². The third-order valence-electron chi connectivity index (χ3n) is 6.70. The smallest absolute Gasteiger partial charge is 0.268 e. The number of H-pyrrole nitrogens is 1. The van der Waals surface area contributed by atoms with Crippen LogP contribution in [0.1, 0.15) is 55.1 Å². The first-order valence-electron chi connectivity index (χ1n) is 12.6. The van der Waals surface area contributed by atoms with Gasteiger partial charge in [0.15, 0.2) is 0 Å². The zero-order chi connectivity index (χ0) is 27.4. The predicted octanol–water partition coefficient (Wildman–Crippen LogP) is 2.81. The maximum Gasteiger partial charge on any atom is 0.268 e. The molecule has 3 atom stereocenters. The van der Waals surface area contributed by atoms with Crippen LogP contribution in [0.2, 0.25) is 0 Å². The molecule has 0 saturated carbocycles. The van der Waals surface area contributed by atoms with Gasteiger partial charge in [-0.2, -0.15) is 0 Å². The van der Waals surface area contributed by atoms with Crippen LogP contribution in [0.4, 0.5) is 5.69 Å². The molecule has 200 valence electrons. The number of ether oxygens (including phenoxy) is 1. The molecule has 2 unspecified atom stereocenters. The molecule has 0 radical (unpaired) electrons. The lowest BCUT2D eigenvalue weighted by molar-refractivity contribution is -0.129. The number of amides is 4. The minimum Gasteiger partial charge on any atom is -0.496 e. The standard InChI is InChI=1S/C28H33N5O5/c1-15(2)11-22(33-28(37)23-14-18-20(30-23)9-6-10-24(18)38-3)27(36)32-21(26(29)35)12-16-13-25(34)31-19-8-5-4-7-17(16)19/h4-10,14-16,21-22,30H,11-13H2,1-3H3,(H2,29,35)(H,31,34)(H,32,36)(H,33,37)/t16?,21?,22-/m0/s1. The number of nitrogens with one attached hydrogen (secondary N) is 4. The van der Waals surface area contributed by atoms with Crippen molar-refractivity contribution < 1.29 is 23.9 Å². The summed E-state index contributed by atoms with van der Waals surface area (Å²) in [5.41, 5.74) is 8.24. The molecule has 38 heavy (non-hydrogen) atoms. The summed E-state index contributed by atoms with van der Waals surface area (Å²) in [6.45, 7) is 3.87. The van der Waals surface area contributed by atoms with Crippen molar-refractivity contribution in [3.05, 3.63) is 59.8 Å². The summed E-state index contributed by atoms with van der Waals surface area (Å²) < 4.78 is 5.37. The van der Waals surface area contributed by atoms with Crippen LogP contribution < -0.4 is 26.4 Å². The van der Waals surface area contributed by atoms with E-state index in [1.165, 1.54) is 0 Å². The van der Waals surface area contributed by atoms with Crippen molar-refractivity contribution in [1.29, 1.82) is 0 Å². The van der Waals surface area contributed by atoms with Gasteiger partial charge < -0.3 is 31.4 Å². The molecule has 2 aromatic carbocycles. The minimum absolute atomic E-state index is 0.0785. The third kappa shape index (κ3) is 5.96. The number of rotatable bonds is 10. The molecule has 0 spiro atoms. The van der Waals surface area contributed by atoms with Crippen molar-refractivity contribution in [3.63, 3.8) is 0 Å². The van der Waals surface area contributed by atoms with Gasteiger partial charge >= 0.3 is 0 Å². The van der Waals surface area contributed by atoms with Crippen LogP contribution in [-0.4, -0.2) is 47.8 Å². The number of aromatic nitrogens is 1. The van der Waals surface area contributed by atoms with E-state index >= 15 is 0 Å². The Morgan fingerprint density at radius 2 is 1.84 bits per heavy atom. The average molecular weight is 520 g/mol. The molecule has 0 bridgehead atoms. The number of carbonyl (C=O) groups is 4. The molecule has 6 N–H and O–H groups in total. The first kappa shape index (κ1) is 26.7. The van der Waals surface area contributed by atoms with E-state index in [4.69, 9.17) is 10.5 Å². The number of hydrogen-bond acceptors (Lipinski definition) is 5. The van der Waals surface area contributed by atoms with E-state index in [1.54, 1.807) is 25.3 Å². The second-order valence-corrected chi connectivity index (χ2v) is 10.00. The van der Waals surface area contributed by atoms with Crippen LogP contribution in [-0.2, 0) is 14.4 Å². The first-order chi connectivity index (χ1) is 18.2. The van der Waals surface area contributed by atoms with Crippen LogP contribution >= 0.6 is 0 Å². The quantitative estimate of drug-likeness (QED) is 0.279. The monoisotopic (exact) mass is 519 g/mol. The Morgan fingerprint density at radius 1 is 1.08 bits per heavy atom. The molecule has 2 heterocycles. The topological polar surface area (TPSA) is 155 Å². The molecular weight excluding hydrogens is 486 g/mol. The summed E-state index contributed by atoms with van der Waals surface area (Å²) in [6.07, 6.45) is 0.684. The molecule has 3 aromatic rings. The van der Waals surface area contributed by atoms with Crippen LogP contribution in [0, 0.1) is 5.92 Å². The summed E-state index contributed by atoms with van der Waals surface area (Å²) in [4.78, 5) is 54.1. The Bertz CT molecular complexity index is 1360. The molecule has 0 saturated heterocycles. The van der Waals surface area contributed by atoms with Crippen LogP contribution in [0.25, 0.3) is 10.9 Å². The highest BCUT2D eigenvalue weighted by Gasteiger charge is 2.32. The number of anilines is 1. The van der Waals surface area contributed by atoms with Gasteiger partial charge in [-0.1, -0.05) is 38.1 Å². The highest BCUT2D eigenvalue weighted by atomic mass is 16.5. The molecule has 10 heteroatoms. The molecule has 1 aliphatic heterocycles. The maximum atomic E-state index is 13.3. The van der Waals surface area contributed by atoms with Crippen LogP contribution in [0.3, 0.4) is 0 Å². The average Bonchev–Trinajstić information content (AvgIpc) is 3.32. The van der Waals surface area contributed by atoms with E-state index in [-0.39, 0.29) is 36.3 Å². The molecule has 0 fully saturated rings. The summed E-state index contributed by atoms with van der Waals surface area (Å²) >= 11 is 0. The lowest BCUT2D eigenvalue weighted by atomic mass is 9.85. The fraction of sp³-hybridized carbons (Fsp3) is 0.357. The Balaban J connectivity index is 1.50. The van der Waals surface area contributed by atoms with Gasteiger partial charge in [0.2, 0.25) is 17.7 Å². The number of methoxy groups -OCH3 is 1. The van der Waals surface area contributed by atoms with Gasteiger partial charge in [0.05, 0.1) is 7.11 Å². The number of primary amides is 1. The van der Waals surface area contributed by atoms with Crippen molar-refractivity contribution >= 4 is 40.2 Å². The maximum absolute atomic E-state index is 13.3. The molecule has 4 rings (SSSR count). The lowest BCUT2D eigenvalue weighted by Gasteiger charge is -2.29. The van der Waals surface area contributed by atoms with Gasteiger partial charge in [-0.25, -0.2) is 0 Å².